The fourth-order valence-electron chi connectivity index (χ4n) is 3.03. The van der Waals surface area contributed by atoms with Crippen LogP contribution in [0.5, 0.6) is 0 Å². The summed E-state index contributed by atoms with van der Waals surface area (Å²) in [5.41, 5.74) is 2.54. The van der Waals surface area contributed by atoms with Gasteiger partial charge in [-0.1, -0.05) is 24.3 Å². The number of nitrogens with zero attached hydrogens (tertiary/aromatic N) is 3. The number of carbonyl (C=O) groups is 1. The molecule has 4 nitrogen and oxygen atoms in total. The number of halogens is 1. The standard InChI is InChI=1S/C20H20FN3O/c21-19-3-1-2-18(12-19)13-20(25)24-10-8-23(9-11-24)15-17-6-4-16(14-22)5-7-17/h1-7,12H,8-11,13,15H2. The fourth-order valence-corrected chi connectivity index (χ4v) is 3.03. The van der Waals surface area contributed by atoms with Crippen molar-refractivity contribution in [3.05, 3.63) is 71.0 Å². The smallest absolute Gasteiger partial charge is 0.227 e. The molecule has 1 heterocycles. The second kappa shape index (κ2) is 7.91. The average Bonchev–Trinajstić information content (AvgIpc) is 2.63. The number of rotatable bonds is 4. The normalized spacial score (nSPS) is 15.0. The van der Waals surface area contributed by atoms with E-state index in [2.05, 4.69) is 11.0 Å². The van der Waals surface area contributed by atoms with E-state index in [1.807, 2.05) is 29.2 Å². The van der Waals surface area contributed by atoms with Crippen LogP contribution in [0, 0.1) is 17.1 Å². The molecule has 0 aromatic heterocycles. The summed E-state index contributed by atoms with van der Waals surface area (Å²) in [6.45, 7) is 3.82. The van der Waals surface area contributed by atoms with Crippen LogP contribution in [-0.4, -0.2) is 41.9 Å². The first-order valence-corrected chi connectivity index (χ1v) is 8.37. The predicted molar refractivity (Wildman–Crippen MR) is 93.1 cm³/mol. The highest BCUT2D eigenvalue weighted by Crippen LogP contribution is 2.12. The molecule has 0 radical (unpaired) electrons. The Morgan fingerprint density at radius 1 is 1.04 bits per heavy atom. The lowest BCUT2D eigenvalue weighted by Gasteiger charge is -2.34. The molecule has 25 heavy (non-hydrogen) atoms. The zero-order valence-corrected chi connectivity index (χ0v) is 14.0. The number of carbonyl (C=O) groups excluding carboxylic acids is 1. The Bertz CT molecular complexity index is 774. The monoisotopic (exact) mass is 337 g/mol. The molecule has 128 valence electrons. The Morgan fingerprint density at radius 2 is 1.76 bits per heavy atom. The van der Waals surface area contributed by atoms with Gasteiger partial charge in [0, 0.05) is 32.7 Å². The lowest BCUT2D eigenvalue weighted by Crippen LogP contribution is -2.48. The summed E-state index contributed by atoms with van der Waals surface area (Å²) in [5, 5.41) is 8.83. The molecule has 0 bridgehead atoms. The van der Waals surface area contributed by atoms with Crippen LogP contribution in [0.15, 0.2) is 48.5 Å². The molecule has 1 aliphatic rings. The Balaban J connectivity index is 1.49. The maximum Gasteiger partial charge on any atom is 0.227 e. The molecule has 2 aromatic rings. The molecule has 0 aliphatic carbocycles. The van der Waals surface area contributed by atoms with E-state index in [4.69, 9.17) is 5.26 Å². The highest BCUT2D eigenvalue weighted by Gasteiger charge is 2.21. The molecule has 0 saturated carbocycles. The van der Waals surface area contributed by atoms with Crippen molar-refractivity contribution in [2.75, 3.05) is 26.2 Å². The highest BCUT2D eigenvalue weighted by atomic mass is 19.1. The number of piperazine rings is 1. The van der Waals surface area contributed by atoms with Crippen LogP contribution < -0.4 is 0 Å². The van der Waals surface area contributed by atoms with Gasteiger partial charge >= 0.3 is 0 Å². The van der Waals surface area contributed by atoms with Gasteiger partial charge in [0.25, 0.3) is 0 Å². The van der Waals surface area contributed by atoms with E-state index in [0.29, 0.717) is 24.2 Å². The van der Waals surface area contributed by atoms with Crippen molar-refractivity contribution in [2.45, 2.75) is 13.0 Å². The van der Waals surface area contributed by atoms with Gasteiger partial charge in [0.2, 0.25) is 5.91 Å². The molecule has 0 spiro atoms. The summed E-state index contributed by atoms with van der Waals surface area (Å²) in [7, 11) is 0. The van der Waals surface area contributed by atoms with E-state index in [-0.39, 0.29) is 18.1 Å². The van der Waals surface area contributed by atoms with Crippen molar-refractivity contribution in [3.63, 3.8) is 0 Å². The second-order valence-corrected chi connectivity index (χ2v) is 6.27. The third kappa shape index (κ3) is 4.65. The summed E-state index contributed by atoms with van der Waals surface area (Å²) < 4.78 is 13.2. The van der Waals surface area contributed by atoms with Crippen molar-refractivity contribution >= 4 is 5.91 Å². The van der Waals surface area contributed by atoms with Crippen molar-refractivity contribution in [2.24, 2.45) is 0 Å². The molecule has 5 heteroatoms. The fraction of sp³-hybridized carbons (Fsp3) is 0.300. The number of benzene rings is 2. The van der Waals surface area contributed by atoms with Crippen LogP contribution in [0.25, 0.3) is 0 Å². The Kier molecular flexibility index (Phi) is 5.42. The van der Waals surface area contributed by atoms with Crippen LogP contribution in [0.4, 0.5) is 4.39 Å². The van der Waals surface area contributed by atoms with Gasteiger partial charge in [-0.25, -0.2) is 4.39 Å². The van der Waals surface area contributed by atoms with Crippen molar-refractivity contribution in [1.82, 2.24) is 9.80 Å². The van der Waals surface area contributed by atoms with E-state index >= 15 is 0 Å². The van der Waals surface area contributed by atoms with Gasteiger partial charge in [0.05, 0.1) is 18.1 Å². The Labute approximate surface area is 147 Å². The predicted octanol–water partition coefficient (Wildman–Crippen LogP) is 2.58. The number of hydrogen-bond donors (Lipinski definition) is 0. The molecule has 1 fully saturated rings. The van der Waals surface area contributed by atoms with E-state index in [0.717, 1.165) is 19.6 Å². The first-order chi connectivity index (χ1) is 12.1. The van der Waals surface area contributed by atoms with E-state index in [9.17, 15) is 9.18 Å². The van der Waals surface area contributed by atoms with Crippen LogP contribution in [0.1, 0.15) is 16.7 Å². The van der Waals surface area contributed by atoms with Crippen LogP contribution in [0.3, 0.4) is 0 Å². The zero-order valence-electron chi connectivity index (χ0n) is 14.0. The molecule has 3 rings (SSSR count). The van der Waals surface area contributed by atoms with Crippen LogP contribution in [0.2, 0.25) is 0 Å². The Morgan fingerprint density at radius 3 is 2.40 bits per heavy atom. The molecule has 0 atom stereocenters. The number of amides is 1. The van der Waals surface area contributed by atoms with E-state index in [1.165, 1.54) is 17.7 Å². The average molecular weight is 337 g/mol. The minimum atomic E-state index is -0.308. The molecule has 1 amide bonds. The lowest BCUT2D eigenvalue weighted by molar-refractivity contribution is -0.132. The largest absolute Gasteiger partial charge is 0.340 e. The summed E-state index contributed by atoms with van der Waals surface area (Å²) in [6.07, 6.45) is 0.243. The lowest BCUT2D eigenvalue weighted by atomic mass is 10.1. The van der Waals surface area contributed by atoms with E-state index < -0.39 is 0 Å². The first-order valence-electron chi connectivity index (χ1n) is 8.37. The molecule has 1 saturated heterocycles. The SMILES string of the molecule is N#Cc1ccc(CN2CCN(C(=O)Cc3cccc(F)c3)CC2)cc1. The first kappa shape index (κ1) is 17.1. The minimum Gasteiger partial charge on any atom is -0.340 e. The van der Waals surface area contributed by atoms with Gasteiger partial charge in [-0.05, 0) is 35.4 Å². The number of nitriles is 1. The van der Waals surface area contributed by atoms with Crippen molar-refractivity contribution < 1.29 is 9.18 Å². The molecular formula is C20H20FN3O. The molecule has 2 aromatic carbocycles. The van der Waals surface area contributed by atoms with Gasteiger partial charge in [-0.2, -0.15) is 5.26 Å². The maximum atomic E-state index is 13.2. The summed E-state index contributed by atoms with van der Waals surface area (Å²) in [6, 6.07) is 15.9. The van der Waals surface area contributed by atoms with Crippen LogP contribution in [-0.2, 0) is 17.8 Å². The third-order valence-corrected chi connectivity index (χ3v) is 4.46. The van der Waals surface area contributed by atoms with E-state index in [1.54, 1.807) is 12.1 Å². The minimum absolute atomic E-state index is 0.0450. The summed E-state index contributed by atoms with van der Waals surface area (Å²) in [4.78, 5) is 16.5. The molecule has 0 N–H and O–H groups in total. The summed E-state index contributed by atoms with van der Waals surface area (Å²) >= 11 is 0. The van der Waals surface area contributed by atoms with Gasteiger partial charge in [-0.15, -0.1) is 0 Å². The van der Waals surface area contributed by atoms with Gasteiger partial charge in [0.1, 0.15) is 5.82 Å². The van der Waals surface area contributed by atoms with Crippen LogP contribution >= 0.6 is 0 Å². The van der Waals surface area contributed by atoms with Gasteiger partial charge in [0.15, 0.2) is 0 Å². The highest BCUT2D eigenvalue weighted by molar-refractivity contribution is 5.78. The van der Waals surface area contributed by atoms with Crippen molar-refractivity contribution in [3.8, 4) is 6.07 Å². The quantitative estimate of drug-likeness (QED) is 0.861. The topological polar surface area (TPSA) is 47.3 Å². The second-order valence-electron chi connectivity index (χ2n) is 6.27. The maximum absolute atomic E-state index is 13.2. The Hall–Kier alpha value is -2.71. The number of hydrogen-bond acceptors (Lipinski definition) is 3. The van der Waals surface area contributed by atoms with Gasteiger partial charge in [-0.3, -0.25) is 9.69 Å². The van der Waals surface area contributed by atoms with Gasteiger partial charge < -0.3 is 4.90 Å². The molecule has 0 unspecified atom stereocenters. The summed E-state index contributed by atoms with van der Waals surface area (Å²) in [5.74, 6) is -0.263. The van der Waals surface area contributed by atoms with Crippen molar-refractivity contribution in [1.29, 1.82) is 5.26 Å². The molecule has 1 aliphatic heterocycles. The zero-order chi connectivity index (χ0) is 17.6. The third-order valence-electron chi connectivity index (χ3n) is 4.46. The molecular weight excluding hydrogens is 317 g/mol.